The highest BCUT2D eigenvalue weighted by Gasteiger charge is 2.53. The van der Waals surface area contributed by atoms with Crippen molar-refractivity contribution in [2.75, 3.05) is 26.3 Å². The van der Waals surface area contributed by atoms with Crippen molar-refractivity contribution in [2.45, 2.75) is 298 Å². The van der Waals surface area contributed by atoms with Gasteiger partial charge in [-0.2, -0.15) is 0 Å². The van der Waals surface area contributed by atoms with Gasteiger partial charge in [0.25, 0.3) is 0 Å². The number of aromatic amines is 4. The number of alkyl carbamates (subject to hydrolysis) is 2. The molecule has 124 heavy (non-hydrogen) atoms. The van der Waals surface area contributed by atoms with E-state index in [4.69, 9.17) is 29.4 Å². The van der Waals surface area contributed by atoms with Crippen molar-refractivity contribution in [1.82, 2.24) is 80.7 Å². The fraction of sp³-hybridized carbons (Fsp3) is 0.551. The van der Waals surface area contributed by atoms with Crippen LogP contribution in [0.3, 0.4) is 0 Å². The zero-order valence-corrected chi connectivity index (χ0v) is 76.2. The standard InChI is InChI=1S/C50H66N8O4.C48H66N8O6/c1-31-21-27-55(43(59)45(61)57-47(3,4)23-11-24-48(57,5)6)39(31)41-51-29-37(53-41)35-17-13-33(14-18-35)34-15-19-36(20-16-34)38-30-52-42(54-38)40-32(2)22-28-56(40)44(60)46(62)58-49(7,8)25-12-26-50(58,9)10;1-9-61-43(59)55-47(25-13-11-14-26-47)41(57)53-37(45(3,4)5)39-49-29-35(51-39)33-21-17-31(18-22-33)32-19-23-34(24-20-32)36-30-50-40(52-36)38(46(6,7)8)54-42(58)48(27-15-12-16-28-48)56-44(60)62-10-2/h13-20,29-32,39-40H,11-12,21-28H2,1-10H3,(H,51,53)(H,52,54);17-24,29-30,37-38H,9-16,25-28H2,1-8H3,(H,49,51)(H,50,52)(H,53,57)(H,54,58)(H,55,59)(H,56,60)/t31-,32-,39?,40?;37-,38-/m01/s1. The number of hydrogen-bond donors (Lipinski definition) is 8. The van der Waals surface area contributed by atoms with Gasteiger partial charge < -0.3 is 70.3 Å². The first kappa shape index (κ1) is 90.8. The molecular weight excluding hydrogens is 1560 g/mol. The predicted octanol–water partition coefficient (Wildman–Crippen LogP) is 18.5. The van der Waals surface area contributed by atoms with Gasteiger partial charge in [-0.3, -0.25) is 28.8 Å². The third-order valence-electron chi connectivity index (χ3n) is 27.0. The second-order valence-electron chi connectivity index (χ2n) is 40.2. The van der Waals surface area contributed by atoms with E-state index in [0.717, 1.165) is 157 Å². The van der Waals surface area contributed by atoms with Crippen molar-refractivity contribution < 1.29 is 47.8 Å². The lowest BCUT2D eigenvalue weighted by Gasteiger charge is -2.52. The number of H-pyrrole nitrogens is 4. The van der Waals surface area contributed by atoms with Crippen molar-refractivity contribution >= 4 is 47.6 Å². The Balaban J connectivity index is 0.000000213. The normalized spacial score (nSPS) is 21.2. The first-order valence-electron chi connectivity index (χ1n) is 45.1. The molecular formula is C98H132N16O10. The van der Waals surface area contributed by atoms with E-state index in [1.807, 2.05) is 46.5 Å². The SMILES string of the molecule is CCOC(=O)NC1(C(=O)N[C@H](c2ncc(-c3ccc(-c4ccc(-c5cnc([C@@H](NC(=O)C6(NC(=O)OCC)CCCCC6)C(C)(C)C)[nH]5)cc4)cc3)[nH]2)C(C)(C)C)CCCCC1.C[C@H]1CCN(C(=O)C(=O)N2C(C)(C)CCCC2(C)C)C1c1ncc(-c2ccc(-c3ccc(-c4cnc(C5[C@@H](C)CCN5C(=O)C(=O)N5C(C)(C)CCCC5(C)C)[nH]4)cc3)cc2)[nH]1. The molecule has 6 aliphatic rings. The lowest BCUT2D eigenvalue weighted by Crippen LogP contribution is -2.64. The molecule has 8 N–H and O–H groups in total. The van der Waals surface area contributed by atoms with E-state index in [1.54, 1.807) is 36.0 Å². The van der Waals surface area contributed by atoms with E-state index in [0.29, 0.717) is 62.1 Å². The fourth-order valence-corrected chi connectivity index (χ4v) is 20.4. The Bertz CT molecular complexity index is 4770. The van der Waals surface area contributed by atoms with E-state index in [-0.39, 0.29) is 59.8 Å². The Hall–Kier alpha value is -10.9. The van der Waals surface area contributed by atoms with Crippen LogP contribution in [-0.2, 0) is 38.2 Å². The monoisotopic (exact) mass is 1690 g/mol. The third-order valence-corrected chi connectivity index (χ3v) is 27.0. The minimum Gasteiger partial charge on any atom is -0.450 e. The molecule has 8 aromatic rings. The van der Waals surface area contributed by atoms with Crippen LogP contribution in [0.2, 0.25) is 0 Å². The number of aromatic nitrogens is 8. The number of likely N-dealkylation sites (tertiary alicyclic amines) is 4. The largest absolute Gasteiger partial charge is 0.450 e. The third kappa shape index (κ3) is 19.4. The molecule has 664 valence electrons. The molecule has 4 aromatic heterocycles. The summed E-state index contributed by atoms with van der Waals surface area (Å²) in [6, 6.07) is 31.6. The Morgan fingerprint density at radius 3 is 0.944 bits per heavy atom. The number of benzene rings is 4. The van der Waals surface area contributed by atoms with Gasteiger partial charge in [-0.1, -0.05) is 191 Å². The minimum absolute atomic E-state index is 0.151. The van der Waals surface area contributed by atoms with E-state index >= 15 is 0 Å². The maximum absolute atomic E-state index is 14.0. The Morgan fingerprint density at radius 2 is 0.661 bits per heavy atom. The number of imidazole rings is 4. The van der Waals surface area contributed by atoms with E-state index in [9.17, 15) is 38.4 Å². The molecule has 6 fully saturated rings. The van der Waals surface area contributed by atoms with Gasteiger partial charge in [-0.15, -0.1) is 0 Å². The molecule has 2 unspecified atom stereocenters. The van der Waals surface area contributed by atoms with Crippen LogP contribution in [0.15, 0.2) is 122 Å². The van der Waals surface area contributed by atoms with E-state index in [1.165, 1.54) is 0 Å². The zero-order chi connectivity index (χ0) is 89.2. The van der Waals surface area contributed by atoms with Gasteiger partial charge >= 0.3 is 35.8 Å². The van der Waals surface area contributed by atoms with Crippen LogP contribution in [0, 0.1) is 22.7 Å². The molecule has 0 bridgehead atoms. The van der Waals surface area contributed by atoms with Gasteiger partial charge in [0.05, 0.1) is 84.9 Å². The predicted molar refractivity (Wildman–Crippen MR) is 481 cm³/mol. The summed E-state index contributed by atoms with van der Waals surface area (Å²) in [6.45, 7) is 38.1. The Labute approximate surface area is 731 Å². The lowest BCUT2D eigenvalue weighted by atomic mass is 9.79. The van der Waals surface area contributed by atoms with Gasteiger partial charge in [-0.05, 0) is 213 Å². The molecule has 26 heteroatoms. The van der Waals surface area contributed by atoms with Crippen LogP contribution in [0.25, 0.3) is 67.3 Å². The van der Waals surface area contributed by atoms with Crippen LogP contribution < -0.4 is 21.3 Å². The number of rotatable bonds is 18. The maximum atomic E-state index is 14.0. The summed E-state index contributed by atoms with van der Waals surface area (Å²) in [6.07, 6.45) is 20.9. The second-order valence-corrected chi connectivity index (χ2v) is 40.2. The molecule has 26 nitrogen and oxygen atoms in total. The molecule has 14 rings (SSSR count). The smallest absolute Gasteiger partial charge is 0.407 e. The fourth-order valence-electron chi connectivity index (χ4n) is 20.4. The number of carbonyl (C=O) groups is 8. The van der Waals surface area contributed by atoms with Gasteiger partial charge in [0.1, 0.15) is 34.4 Å². The highest BCUT2D eigenvalue weighted by Crippen LogP contribution is 2.46. The lowest BCUT2D eigenvalue weighted by molar-refractivity contribution is -0.164. The molecule has 0 spiro atoms. The number of nitrogens with one attached hydrogen (secondary N) is 8. The summed E-state index contributed by atoms with van der Waals surface area (Å²) >= 11 is 0. The average molecular weight is 1690 g/mol. The molecule has 0 radical (unpaired) electrons. The van der Waals surface area contributed by atoms with Crippen LogP contribution in [0.1, 0.15) is 288 Å². The minimum atomic E-state index is -1.03. The maximum Gasteiger partial charge on any atom is 0.407 e. The van der Waals surface area contributed by atoms with Gasteiger partial charge in [0.2, 0.25) is 11.8 Å². The number of amides is 8. The number of piperidine rings is 2. The van der Waals surface area contributed by atoms with Crippen molar-refractivity contribution in [3.8, 4) is 67.3 Å². The van der Waals surface area contributed by atoms with Crippen molar-refractivity contribution in [1.29, 1.82) is 0 Å². The molecule has 8 heterocycles. The molecule has 6 atom stereocenters. The topological polar surface area (TPSA) is 331 Å². The van der Waals surface area contributed by atoms with Crippen molar-refractivity contribution in [3.05, 3.63) is 145 Å². The molecule has 4 saturated heterocycles. The van der Waals surface area contributed by atoms with Crippen LogP contribution >= 0.6 is 0 Å². The number of ether oxygens (including phenoxy) is 2. The first-order valence-corrected chi connectivity index (χ1v) is 45.1. The summed E-state index contributed by atoms with van der Waals surface area (Å²) < 4.78 is 10.3. The van der Waals surface area contributed by atoms with E-state index in [2.05, 4.69) is 225 Å². The number of carbonyl (C=O) groups excluding carboxylic acids is 8. The number of nitrogens with zero attached hydrogens (tertiary/aromatic N) is 8. The quantitative estimate of drug-likeness (QED) is 0.0370. The summed E-state index contributed by atoms with van der Waals surface area (Å²) in [7, 11) is 0. The average Bonchev–Trinajstić information content (AvgIpc) is 0.836. The van der Waals surface area contributed by atoms with Gasteiger partial charge in [0, 0.05) is 35.2 Å². The van der Waals surface area contributed by atoms with E-state index < -0.39 is 81.1 Å². The van der Waals surface area contributed by atoms with Crippen LogP contribution in [0.4, 0.5) is 9.59 Å². The van der Waals surface area contributed by atoms with Crippen molar-refractivity contribution in [3.63, 3.8) is 0 Å². The summed E-state index contributed by atoms with van der Waals surface area (Å²) in [5.41, 5.74) is 7.03. The summed E-state index contributed by atoms with van der Waals surface area (Å²) in [5, 5.41) is 12.3. The van der Waals surface area contributed by atoms with Gasteiger partial charge in [-0.25, -0.2) is 29.5 Å². The molecule has 8 amide bonds. The summed E-state index contributed by atoms with van der Waals surface area (Å²) in [4.78, 5) is 149. The molecule has 2 aliphatic carbocycles. The van der Waals surface area contributed by atoms with Crippen LogP contribution in [-0.4, -0.2) is 167 Å². The zero-order valence-electron chi connectivity index (χ0n) is 76.2. The van der Waals surface area contributed by atoms with Crippen molar-refractivity contribution in [2.24, 2.45) is 22.7 Å². The van der Waals surface area contributed by atoms with Gasteiger partial charge in [0.15, 0.2) is 0 Å². The van der Waals surface area contributed by atoms with Crippen LogP contribution in [0.5, 0.6) is 0 Å². The molecule has 4 aliphatic heterocycles. The molecule has 4 aromatic carbocycles. The Morgan fingerprint density at radius 1 is 0.387 bits per heavy atom. The highest BCUT2D eigenvalue weighted by molar-refractivity contribution is 6.36. The Kier molecular flexibility index (Phi) is 26.6. The summed E-state index contributed by atoms with van der Waals surface area (Å²) in [5.74, 6) is 0.804. The second kappa shape index (κ2) is 36.3. The highest BCUT2D eigenvalue weighted by atomic mass is 16.6. The molecule has 2 saturated carbocycles. The number of hydrogen-bond acceptors (Lipinski definition) is 14. The first-order chi connectivity index (χ1) is 58.7.